The third kappa shape index (κ3) is 5.45. The lowest BCUT2D eigenvalue weighted by Crippen LogP contribution is -2.57. The van der Waals surface area contributed by atoms with Gasteiger partial charge in [-0.2, -0.15) is 0 Å². The highest BCUT2D eigenvalue weighted by Gasteiger charge is 2.51. The first-order chi connectivity index (χ1) is 16.4. The van der Waals surface area contributed by atoms with Gasteiger partial charge in [-0.25, -0.2) is 4.39 Å². The van der Waals surface area contributed by atoms with Crippen LogP contribution in [0.5, 0.6) is 0 Å². The minimum Gasteiger partial charge on any atom is -0.393 e. The van der Waals surface area contributed by atoms with Crippen LogP contribution in [0.15, 0.2) is 54.1 Å². The van der Waals surface area contributed by atoms with Crippen LogP contribution in [0.1, 0.15) is 76.0 Å². The molecule has 0 spiro atoms. The maximum atomic E-state index is 13.5. The van der Waals surface area contributed by atoms with Crippen molar-refractivity contribution in [1.29, 1.82) is 0 Å². The number of nitrogens with one attached hydrogen (secondary N) is 1. The van der Waals surface area contributed by atoms with Crippen LogP contribution < -0.4 is 5.32 Å². The van der Waals surface area contributed by atoms with Gasteiger partial charge < -0.3 is 10.4 Å². The van der Waals surface area contributed by atoms with Crippen LogP contribution in [0.3, 0.4) is 0 Å². The Bertz CT molecular complexity index is 1080. The Kier molecular flexibility index (Phi) is 7.91. The Balaban J connectivity index is 1.61. The molecule has 4 rings (SSSR count). The first kappa shape index (κ1) is 24.7. The first-order valence-corrected chi connectivity index (χ1v) is 12.9. The number of aliphatic hydroxyl groups is 1. The summed E-state index contributed by atoms with van der Waals surface area (Å²) in [7, 11) is 0. The molecule has 2 N–H and O–H groups in total. The maximum absolute atomic E-state index is 13.5. The zero-order valence-electron chi connectivity index (χ0n) is 20.8. The molecule has 2 saturated carbocycles. The van der Waals surface area contributed by atoms with Gasteiger partial charge in [0.05, 0.1) is 6.10 Å². The molecule has 0 amide bonds. The zero-order chi connectivity index (χ0) is 24.1. The van der Waals surface area contributed by atoms with Gasteiger partial charge >= 0.3 is 0 Å². The monoisotopic (exact) mass is 459 g/mol. The summed E-state index contributed by atoms with van der Waals surface area (Å²) in [5.41, 5.74) is 4.40. The molecular formula is C31H38FNO. The van der Waals surface area contributed by atoms with Crippen LogP contribution in [0, 0.1) is 34.9 Å². The number of unbranched alkanes of at least 4 members (excludes halogenated alkanes) is 1. The van der Waals surface area contributed by atoms with Crippen molar-refractivity contribution in [2.75, 3.05) is 6.54 Å². The van der Waals surface area contributed by atoms with E-state index in [2.05, 4.69) is 56.1 Å². The van der Waals surface area contributed by atoms with Crippen LogP contribution >= 0.6 is 0 Å². The molecule has 3 heteroatoms. The van der Waals surface area contributed by atoms with Crippen molar-refractivity contribution in [1.82, 2.24) is 5.32 Å². The lowest BCUT2D eigenvalue weighted by Gasteiger charge is -2.55. The van der Waals surface area contributed by atoms with Gasteiger partial charge in [0.2, 0.25) is 0 Å². The molecule has 180 valence electrons. The molecule has 2 aliphatic carbocycles. The molecule has 34 heavy (non-hydrogen) atoms. The van der Waals surface area contributed by atoms with Gasteiger partial charge in [-0.15, -0.1) is 0 Å². The van der Waals surface area contributed by atoms with Gasteiger partial charge in [0.25, 0.3) is 0 Å². The molecule has 2 fully saturated rings. The second-order valence-corrected chi connectivity index (χ2v) is 10.5. The van der Waals surface area contributed by atoms with Crippen LogP contribution in [0.2, 0.25) is 0 Å². The van der Waals surface area contributed by atoms with E-state index in [-0.39, 0.29) is 17.3 Å². The van der Waals surface area contributed by atoms with Crippen molar-refractivity contribution in [3.8, 4) is 11.8 Å². The predicted octanol–water partition coefficient (Wildman–Crippen LogP) is 6.57. The lowest BCUT2D eigenvalue weighted by atomic mass is 9.53. The summed E-state index contributed by atoms with van der Waals surface area (Å²) in [6.07, 6.45) is 8.67. The van der Waals surface area contributed by atoms with Crippen molar-refractivity contribution in [3.63, 3.8) is 0 Å². The summed E-state index contributed by atoms with van der Waals surface area (Å²) in [5.74, 6) is 6.89. The van der Waals surface area contributed by atoms with Crippen molar-refractivity contribution in [2.45, 2.75) is 71.4 Å². The summed E-state index contributed by atoms with van der Waals surface area (Å²) in [4.78, 5) is 0. The quantitative estimate of drug-likeness (QED) is 0.391. The lowest BCUT2D eigenvalue weighted by molar-refractivity contribution is -0.0587. The van der Waals surface area contributed by atoms with Crippen molar-refractivity contribution in [2.24, 2.45) is 17.3 Å². The Morgan fingerprint density at radius 3 is 2.59 bits per heavy atom. The summed E-state index contributed by atoms with van der Waals surface area (Å²) in [6, 6.07) is 15.1. The normalized spacial score (nSPS) is 29.9. The molecule has 5 atom stereocenters. The fourth-order valence-corrected chi connectivity index (χ4v) is 6.19. The Morgan fingerprint density at radius 2 is 1.85 bits per heavy atom. The summed E-state index contributed by atoms with van der Waals surface area (Å²) >= 11 is 0. The van der Waals surface area contributed by atoms with E-state index in [9.17, 15) is 9.50 Å². The SMILES string of the molecule is CCCCNC1/C(=C/c2cccc(C#Cc3cccc(F)c3)c2)CCC2C(C)C(O)CC[C@]12C. The number of rotatable bonds is 5. The molecule has 4 unspecified atom stereocenters. The van der Waals surface area contributed by atoms with E-state index in [0.717, 1.165) is 43.4 Å². The van der Waals surface area contributed by atoms with Gasteiger partial charge in [-0.05, 0) is 91.8 Å². The maximum Gasteiger partial charge on any atom is 0.124 e. The average Bonchev–Trinajstić information content (AvgIpc) is 2.82. The van der Waals surface area contributed by atoms with E-state index in [1.165, 1.54) is 30.5 Å². The Hall–Kier alpha value is -2.41. The van der Waals surface area contributed by atoms with Gasteiger partial charge in [0.1, 0.15) is 5.82 Å². The van der Waals surface area contributed by atoms with Gasteiger partial charge in [0.15, 0.2) is 0 Å². The number of halogens is 1. The van der Waals surface area contributed by atoms with E-state index < -0.39 is 0 Å². The highest BCUT2D eigenvalue weighted by molar-refractivity contribution is 5.58. The highest BCUT2D eigenvalue weighted by Crippen LogP contribution is 2.54. The number of hydrogen-bond acceptors (Lipinski definition) is 2. The largest absolute Gasteiger partial charge is 0.393 e. The van der Waals surface area contributed by atoms with E-state index in [1.54, 1.807) is 6.07 Å². The molecule has 2 aromatic rings. The van der Waals surface area contributed by atoms with Crippen LogP contribution in [-0.4, -0.2) is 23.8 Å². The van der Waals surface area contributed by atoms with Gasteiger partial charge in [0, 0.05) is 17.2 Å². The van der Waals surface area contributed by atoms with Crippen LogP contribution in [0.25, 0.3) is 6.08 Å². The highest BCUT2D eigenvalue weighted by atomic mass is 19.1. The number of fused-ring (bicyclic) bond motifs is 1. The topological polar surface area (TPSA) is 32.3 Å². The van der Waals surface area contributed by atoms with Crippen LogP contribution in [-0.2, 0) is 0 Å². The molecule has 0 aliphatic heterocycles. The van der Waals surface area contributed by atoms with Crippen LogP contribution in [0.4, 0.5) is 4.39 Å². The van der Waals surface area contributed by atoms with Gasteiger partial charge in [-0.1, -0.05) is 68.9 Å². The smallest absolute Gasteiger partial charge is 0.124 e. The van der Waals surface area contributed by atoms with Gasteiger partial charge in [-0.3, -0.25) is 0 Å². The van der Waals surface area contributed by atoms with Crippen molar-refractivity contribution in [3.05, 3.63) is 76.6 Å². The predicted molar refractivity (Wildman–Crippen MR) is 139 cm³/mol. The molecule has 2 aromatic carbocycles. The Morgan fingerprint density at radius 1 is 1.12 bits per heavy atom. The third-order valence-corrected chi connectivity index (χ3v) is 8.13. The summed E-state index contributed by atoms with van der Waals surface area (Å²) in [5, 5.41) is 14.5. The standard InChI is InChI=1S/C31H38FNO/c1-4-5-18-33-30-26(14-15-28-22(2)29(34)16-17-31(28,30)3)20-25-10-6-8-23(19-25)12-13-24-9-7-11-27(32)21-24/h6-11,19-22,28-30,33-34H,4-5,14-18H2,1-3H3/b26-20+/t22?,28?,29?,30?,31-/m0/s1. The molecule has 2 nitrogen and oxygen atoms in total. The Labute approximate surface area is 204 Å². The average molecular weight is 460 g/mol. The molecule has 2 aliphatic rings. The molecular weight excluding hydrogens is 421 g/mol. The van der Waals surface area contributed by atoms with Crippen molar-refractivity contribution < 1.29 is 9.50 Å². The number of aliphatic hydroxyl groups excluding tert-OH is 1. The summed E-state index contributed by atoms with van der Waals surface area (Å²) in [6.45, 7) is 7.94. The molecule has 0 bridgehead atoms. The molecule has 0 saturated heterocycles. The molecule has 0 heterocycles. The second-order valence-electron chi connectivity index (χ2n) is 10.5. The zero-order valence-corrected chi connectivity index (χ0v) is 20.8. The van der Waals surface area contributed by atoms with Crippen molar-refractivity contribution >= 4 is 6.08 Å². The molecule has 0 radical (unpaired) electrons. The van der Waals surface area contributed by atoms with E-state index in [0.29, 0.717) is 23.4 Å². The third-order valence-electron chi connectivity index (χ3n) is 8.13. The van der Waals surface area contributed by atoms with E-state index >= 15 is 0 Å². The minimum absolute atomic E-state index is 0.158. The summed E-state index contributed by atoms with van der Waals surface area (Å²) < 4.78 is 13.5. The van der Waals surface area contributed by atoms with E-state index in [1.807, 2.05) is 18.2 Å². The van der Waals surface area contributed by atoms with E-state index in [4.69, 9.17) is 0 Å². The number of hydrogen-bond donors (Lipinski definition) is 2. The second kappa shape index (κ2) is 10.9. The number of benzene rings is 2. The molecule has 0 aromatic heterocycles. The first-order valence-electron chi connectivity index (χ1n) is 12.9. The fraction of sp³-hybridized carbons (Fsp3) is 0.484. The minimum atomic E-state index is -0.263. The fourth-order valence-electron chi connectivity index (χ4n) is 6.19.